The topological polar surface area (TPSA) is 134 Å². The van der Waals surface area contributed by atoms with Crippen molar-refractivity contribution in [2.24, 2.45) is 0 Å². The van der Waals surface area contributed by atoms with Gasteiger partial charge in [0.1, 0.15) is 18.0 Å². The Kier molecular flexibility index (Phi) is 8.72. The first-order valence-corrected chi connectivity index (χ1v) is 13.9. The summed E-state index contributed by atoms with van der Waals surface area (Å²) in [6, 6.07) is 20.8. The highest BCUT2D eigenvalue weighted by Crippen LogP contribution is 2.29. The van der Waals surface area contributed by atoms with Gasteiger partial charge in [-0.3, -0.25) is 9.59 Å². The zero-order valence-electron chi connectivity index (χ0n) is 23.5. The number of benzene rings is 3. The number of piperazine rings is 1. The number of aromatic hydroxyl groups is 1. The molecule has 2 fully saturated rings. The molecule has 2 aliphatic heterocycles. The molecule has 2 aliphatic rings. The van der Waals surface area contributed by atoms with E-state index in [1.54, 1.807) is 40.3 Å². The van der Waals surface area contributed by atoms with Gasteiger partial charge in [0.15, 0.2) is 0 Å². The number of urea groups is 1. The average molecular weight is 584 g/mol. The Labute approximate surface area is 249 Å². The van der Waals surface area contributed by atoms with Crippen LogP contribution in [0.15, 0.2) is 91.5 Å². The van der Waals surface area contributed by atoms with Gasteiger partial charge >= 0.3 is 12.0 Å². The molecule has 5 rings (SSSR count). The summed E-state index contributed by atoms with van der Waals surface area (Å²) in [5.74, 6) is -1.63. The summed E-state index contributed by atoms with van der Waals surface area (Å²) in [4.78, 5) is 56.1. The van der Waals surface area contributed by atoms with E-state index in [9.17, 15) is 29.4 Å². The third kappa shape index (κ3) is 6.52. The predicted molar refractivity (Wildman–Crippen MR) is 157 cm³/mol. The van der Waals surface area contributed by atoms with E-state index in [0.29, 0.717) is 5.56 Å². The lowest BCUT2D eigenvalue weighted by molar-refractivity contribution is -0.189. The SMILES string of the molecule is C=CCN1CC(=O)N2[C@@H](Cc3ccc(O)cc3)C(=O)N(Cc3cccc(C(=O)O)c3)C[C@@H]2N1C(=O)NCc1ccccc1. The van der Waals surface area contributed by atoms with Crippen LogP contribution in [0.4, 0.5) is 4.79 Å². The Morgan fingerprint density at radius 1 is 0.953 bits per heavy atom. The second kappa shape index (κ2) is 12.8. The van der Waals surface area contributed by atoms with Gasteiger partial charge in [0, 0.05) is 26.1 Å². The predicted octanol–water partition coefficient (Wildman–Crippen LogP) is 2.83. The van der Waals surface area contributed by atoms with E-state index in [-0.39, 0.29) is 62.3 Å². The number of carboxylic acids is 1. The Hall–Kier alpha value is -5.16. The van der Waals surface area contributed by atoms with Crippen LogP contribution in [0, 0.1) is 0 Å². The number of carbonyl (C=O) groups excluding carboxylic acids is 3. The Morgan fingerprint density at radius 3 is 2.37 bits per heavy atom. The van der Waals surface area contributed by atoms with Gasteiger partial charge in [-0.15, -0.1) is 6.58 Å². The van der Waals surface area contributed by atoms with Crippen LogP contribution in [0.5, 0.6) is 5.75 Å². The molecule has 0 saturated carbocycles. The summed E-state index contributed by atoms with van der Waals surface area (Å²) in [7, 11) is 0. The van der Waals surface area contributed by atoms with Crippen molar-refractivity contribution in [1.29, 1.82) is 0 Å². The fourth-order valence-electron chi connectivity index (χ4n) is 5.58. The van der Waals surface area contributed by atoms with Crippen molar-refractivity contribution in [1.82, 2.24) is 25.1 Å². The molecule has 11 nitrogen and oxygen atoms in total. The summed E-state index contributed by atoms with van der Waals surface area (Å²) in [5.41, 5.74) is 2.33. The van der Waals surface area contributed by atoms with Gasteiger partial charge in [0.25, 0.3) is 0 Å². The van der Waals surface area contributed by atoms with E-state index in [4.69, 9.17) is 0 Å². The Morgan fingerprint density at radius 2 is 1.67 bits per heavy atom. The van der Waals surface area contributed by atoms with Crippen molar-refractivity contribution < 1.29 is 29.4 Å². The van der Waals surface area contributed by atoms with Crippen LogP contribution >= 0.6 is 0 Å². The normalized spacial score (nSPS) is 18.7. The molecular weight excluding hydrogens is 550 g/mol. The van der Waals surface area contributed by atoms with Crippen molar-refractivity contribution >= 4 is 23.8 Å². The number of hydrazine groups is 1. The van der Waals surface area contributed by atoms with Crippen LogP contribution in [0.3, 0.4) is 0 Å². The first-order valence-electron chi connectivity index (χ1n) is 13.9. The maximum atomic E-state index is 14.0. The number of phenols is 1. The molecular formula is C32H33N5O6. The van der Waals surface area contributed by atoms with Gasteiger partial charge < -0.3 is 25.3 Å². The highest BCUT2D eigenvalue weighted by Gasteiger charge is 2.51. The number of phenolic OH excluding ortho intramolecular Hbond substituents is 1. The maximum Gasteiger partial charge on any atom is 0.335 e. The molecule has 2 saturated heterocycles. The van der Waals surface area contributed by atoms with E-state index in [1.807, 2.05) is 30.3 Å². The minimum absolute atomic E-state index is 0.0142. The van der Waals surface area contributed by atoms with Crippen molar-refractivity contribution in [2.75, 3.05) is 19.6 Å². The van der Waals surface area contributed by atoms with Crippen LogP contribution in [0.25, 0.3) is 0 Å². The number of rotatable bonds is 9. The summed E-state index contributed by atoms with van der Waals surface area (Å²) < 4.78 is 0. The molecule has 3 aromatic rings. The number of nitrogens with one attached hydrogen (secondary N) is 1. The molecule has 0 spiro atoms. The third-order valence-corrected chi connectivity index (χ3v) is 7.58. The maximum absolute atomic E-state index is 14.0. The number of carbonyl (C=O) groups is 4. The van der Waals surface area contributed by atoms with Gasteiger partial charge in [0.05, 0.1) is 18.7 Å². The van der Waals surface area contributed by atoms with E-state index in [0.717, 1.165) is 11.1 Å². The Balaban J connectivity index is 1.50. The lowest BCUT2D eigenvalue weighted by Crippen LogP contribution is -2.76. The molecule has 222 valence electrons. The number of hydrogen-bond donors (Lipinski definition) is 3. The highest BCUT2D eigenvalue weighted by atomic mass is 16.4. The van der Waals surface area contributed by atoms with Crippen LogP contribution in [0.1, 0.15) is 27.0 Å². The first kappa shape index (κ1) is 29.3. The number of amides is 4. The average Bonchev–Trinajstić information content (AvgIpc) is 3.00. The third-order valence-electron chi connectivity index (χ3n) is 7.58. The standard InChI is InChI=1S/C32H33N5O6/c1-2-15-35-21-29(39)36-27(17-22-11-13-26(38)14-12-22)30(40)34(19-24-9-6-10-25(16-24)31(41)42)20-28(36)37(35)32(43)33-18-23-7-4-3-5-8-23/h2-14,16,27-28,38H,1,15,17-21H2,(H,33,43)(H,41,42)/t27-,28-/m0/s1. The second-order valence-corrected chi connectivity index (χ2v) is 10.5. The zero-order valence-corrected chi connectivity index (χ0v) is 23.5. The van der Waals surface area contributed by atoms with Crippen LogP contribution in [-0.2, 0) is 29.1 Å². The van der Waals surface area contributed by atoms with E-state index in [2.05, 4.69) is 11.9 Å². The van der Waals surface area contributed by atoms with Gasteiger partial charge in [-0.25, -0.2) is 19.6 Å². The number of aromatic carboxylic acids is 1. The van der Waals surface area contributed by atoms with Gasteiger partial charge in [-0.1, -0.05) is 60.7 Å². The molecule has 4 amide bonds. The van der Waals surface area contributed by atoms with Crippen molar-refractivity contribution in [2.45, 2.75) is 31.7 Å². The molecule has 11 heteroatoms. The second-order valence-electron chi connectivity index (χ2n) is 10.5. The Bertz CT molecular complexity index is 1510. The highest BCUT2D eigenvalue weighted by molar-refractivity contribution is 5.92. The van der Waals surface area contributed by atoms with Crippen LogP contribution in [0.2, 0.25) is 0 Å². The van der Waals surface area contributed by atoms with Gasteiger partial charge in [0.2, 0.25) is 11.8 Å². The van der Waals surface area contributed by atoms with E-state index >= 15 is 0 Å². The number of carboxylic acid groups (broad SMARTS) is 1. The lowest BCUT2D eigenvalue weighted by Gasteiger charge is -2.55. The van der Waals surface area contributed by atoms with Gasteiger partial charge in [-0.2, -0.15) is 0 Å². The first-order chi connectivity index (χ1) is 20.7. The molecule has 2 atom stereocenters. The summed E-state index contributed by atoms with van der Waals surface area (Å²) in [6.45, 7) is 4.27. The summed E-state index contributed by atoms with van der Waals surface area (Å²) in [5, 5.41) is 25.3. The van der Waals surface area contributed by atoms with Crippen molar-refractivity contribution in [3.05, 3.63) is 114 Å². The molecule has 3 aromatic carbocycles. The molecule has 3 N–H and O–H groups in total. The molecule has 0 unspecified atom stereocenters. The smallest absolute Gasteiger partial charge is 0.335 e. The fraction of sp³-hybridized carbons (Fsp3) is 0.250. The van der Waals surface area contributed by atoms with Crippen molar-refractivity contribution in [3.8, 4) is 5.75 Å². The minimum atomic E-state index is -1.08. The summed E-state index contributed by atoms with van der Waals surface area (Å²) in [6.07, 6.45) is 0.935. The largest absolute Gasteiger partial charge is 0.508 e. The zero-order chi connectivity index (χ0) is 30.5. The van der Waals surface area contributed by atoms with Crippen molar-refractivity contribution in [3.63, 3.8) is 0 Å². The van der Waals surface area contributed by atoms with E-state index in [1.165, 1.54) is 34.2 Å². The molecule has 0 aromatic heterocycles. The quantitative estimate of drug-likeness (QED) is 0.330. The minimum Gasteiger partial charge on any atom is -0.508 e. The summed E-state index contributed by atoms with van der Waals surface area (Å²) >= 11 is 0. The molecule has 0 bridgehead atoms. The molecule has 2 heterocycles. The van der Waals surface area contributed by atoms with E-state index < -0.39 is 24.2 Å². The number of nitrogens with zero attached hydrogens (tertiary/aromatic N) is 4. The number of fused-ring (bicyclic) bond motifs is 1. The van der Waals surface area contributed by atoms with Crippen LogP contribution in [-0.4, -0.2) is 85.7 Å². The lowest BCUT2D eigenvalue weighted by atomic mass is 9.98. The number of hydrogen-bond acceptors (Lipinski definition) is 6. The van der Waals surface area contributed by atoms with Gasteiger partial charge in [-0.05, 0) is 41.0 Å². The monoisotopic (exact) mass is 583 g/mol. The molecule has 0 radical (unpaired) electrons. The molecule has 0 aliphatic carbocycles. The fourth-order valence-corrected chi connectivity index (χ4v) is 5.58. The van der Waals surface area contributed by atoms with Crippen LogP contribution < -0.4 is 5.32 Å². The molecule has 43 heavy (non-hydrogen) atoms.